The molecule has 1 aromatic carbocycles. The molecule has 0 aliphatic heterocycles. The van der Waals surface area contributed by atoms with Crippen molar-refractivity contribution in [2.45, 2.75) is 25.8 Å². The van der Waals surface area contributed by atoms with E-state index in [1.807, 2.05) is 22.9 Å². The van der Waals surface area contributed by atoms with Gasteiger partial charge in [-0.3, -0.25) is 4.79 Å². The standard InChI is InChI=1S/C15H14N6O2/c1-9-7-13(18-23-9)15(22)16-11-4-2-3-10(8-11)14-17-19-20-21(14)12-5-6-12/h2-4,7-8,12H,5-6H2,1H3,(H,16,22). The molecule has 1 aliphatic rings. The molecule has 1 N–H and O–H groups in total. The summed E-state index contributed by atoms with van der Waals surface area (Å²) in [4.78, 5) is 12.1. The molecule has 0 spiro atoms. The molecule has 8 nitrogen and oxygen atoms in total. The first-order valence-electron chi connectivity index (χ1n) is 7.34. The number of hydrogen-bond acceptors (Lipinski definition) is 6. The van der Waals surface area contributed by atoms with Gasteiger partial charge in [0.05, 0.1) is 6.04 Å². The van der Waals surface area contributed by atoms with Gasteiger partial charge in [0, 0.05) is 17.3 Å². The van der Waals surface area contributed by atoms with E-state index < -0.39 is 0 Å². The van der Waals surface area contributed by atoms with E-state index in [1.54, 1.807) is 19.1 Å². The molecule has 1 amide bonds. The Bertz CT molecular complexity index is 864. The second kappa shape index (κ2) is 5.31. The van der Waals surface area contributed by atoms with Gasteiger partial charge in [0.1, 0.15) is 5.76 Å². The lowest BCUT2D eigenvalue weighted by Gasteiger charge is -2.06. The zero-order valence-corrected chi connectivity index (χ0v) is 12.4. The summed E-state index contributed by atoms with van der Waals surface area (Å²) in [6, 6.07) is 9.39. The minimum atomic E-state index is -0.319. The van der Waals surface area contributed by atoms with E-state index in [0.29, 0.717) is 23.3 Å². The van der Waals surface area contributed by atoms with Crippen LogP contribution in [0.2, 0.25) is 0 Å². The van der Waals surface area contributed by atoms with Crippen molar-refractivity contribution in [1.29, 1.82) is 0 Å². The maximum Gasteiger partial charge on any atom is 0.277 e. The summed E-state index contributed by atoms with van der Waals surface area (Å²) in [5, 5.41) is 18.4. The predicted octanol–water partition coefficient (Wildman–Crippen LogP) is 2.22. The highest BCUT2D eigenvalue weighted by Crippen LogP contribution is 2.36. The fourth-order valence-corrected chi connectivity index (χ4v) is 2.35. The van der Waals surface area contributed by atoms with Crippen molar-refractivity contribution in [2.24, 2.45) is 0 Å². The monoisotopic (exact) mass is 310 g/mol. The van der Waals surface area contributed by atoms with Gasteiger partial charge in [0.2, 0.25) is 0 Å². The van der Waals surface area contributed by atoms with Crippen LogP contribution in [0.25, 0.3) is 11.4 Å². The number of carbonyl (C=O) groups is 1. The maximum atomic E-state index is 12.1. The summed E-state index contributed by atoms with van der Waals surface area (Å²) >= 11 is 0. The second-order valence-corrected chi connectivity index (χ2v) is 5.54. The normalized spacial score (nSPS) is 14.0. The molecule has 116 valence electrons. The van der Waals surface area contributed by atoms with E-state index in [4.69, 9.17) is 4.52 Å². The van der Waals surface area contributed by atoms with Gasteiger partial charge in [0.25, 0.3) is 5.91 Å². The van der Waals surface area contributed by atoms with Crippen molar-refractivity contribution < 1.29 is 9.32 Å². The van der Waals surface area contributed by atoms with Gasteiger partial charge in [-0.15, -0.1) is 5.10 Å². The van der Waals surface area contributed by atoms with Gasteiger partial charge in [-0.05, 0) is 42.3 Å². The van der Waals surface area contributed by atoms with Crippen LogP contribution in [-0.2, 0) is 0 Å². The molecule has 2 heterocycles. The second-order valence-electron chi connectivity index (χ2n) is 5.54. The molecule has 0 unspecified atom stereocenters. The lowest BCUT2D eigenvalue weighted by molar-refractivity contribution is 0.101. The first-order chi connectivity index (χ1) is 11.2. The molecule has 0 bridgehead atoms. The highest BCUT2D eigenvalue weighted by Gasteiger charge is 2.28. The summed E-state index contributed by atoms with van der Waals surface area (Å²) in [6.07, 6.45) is 2.19. The SMILES string of the molecule is Cc1cc(C(=O)Nc2cccc(-c3nnnn3C3CC3)c2)no1. The molecule has 23 heavy (non-hydrogen) atoms. The average molecular weight is 310 g/mol. The number of aryl methyl sites for hydroxylation is 1. The Morgan fingerprint density at radius 3 is 2.96 bits per heavy atom. The highest BCUT2D eigenvalue weighted by molar-refractivity contribution is 6.03. The largest absolute Gasteiger partial charge is 0.361 e. The predicted molar refractivity (Wildman–Crippen MR) is 80.7 cm³/mol. The van der Waals surface area contributed by atoms with E-state index in [2.05, 4.69) is 26.0 Å². The van der Waals surface area contributed by atoms with Crippen molar-refractivity contribution >= 4 is 11.6 Å². The van der Waals surface area contributed by atoms with Gasteiger partial charge in [-0.1, -0.05) is 17.3 Å². The lowest BCUT2D eigenvalue weighted by Crippen LogP contribution is -2.12. The molecular weight excluding hydrogens is 296 g/mol. The fraction of sp³-hybridized carbons (Fsp3) is 0.267. The number of aromatic nitrogens is 5. The quantitative estimate of drug-likeness (QED) is 0.793. The molecule has 4 rings (SSSR count). The summed E-state index contributed by atoms with van der Waals surface area (Å²) in [5.74, 6) is 0.981. The van der Waals surface area contributed by atoms with Crippen LogP contribution in [0.15, 0.2) is 34.9 Å². The zero-order valence-electron chi connectivity index (χ0n) is 12.4. The van der Waals surface area contributed by atoms with E-state index in [0.717, 1.165) is 18.4 Å². The van der Waals surface area contributed by atoms with Gasteiger partial charge >= 0.3 is 0 Å². The number of amides is 1. The Morgan fingerprint density at radius 1 is 1.35 bits per heavy atom. The van der Waals surface area contributed by atoms with E-state index in [1.165, 1.54) is 0 Å². The minimum Gasteiger partial charge on any atom is -0.361 e. The third-order valence-corrected chi connectivity index (χ3v) is 3.62. The van der Waals surface area contributed by atoms with E-state index in [-0.39, 0.29) is 11.6 Å². The number of nitrogens with zero attached hydrogens (tertiary/aromatic N) is 5. The molecule has 0 atom stereocenters. The van der Waals surface area contributed by atoms with Crippen LogP contribution >= 0.6 is 0 Å². The van der Waals surface area contributed by atoms with Crippen molar-refractivity contribution in [1.82, 2.24) is 25.4 Å². The Balaban J connectivity index is 1.59. The van der Waals surface area contributed by atoms with Crippen LogP contribution in [0.1, 0.15) is 35.1 Å². The maximum absolute atomic E-state index is 12.1. The molecule has 8 heteroatoms. The van der Waals surface area contributed by atoms with E-state index in [9.17, 15) is 4.79 Å². The van der Waals surface area contributed by atoms with Crippen molar-refractivity contribution in [2.75, 3.05) is 5.32 Å². The summed E-state index contributed by atoms with van der Waals surface area (Å²) in [5.41, 5.74) is 1.75. The molecule has 1 aliphatic carbocycles. The molecule has 1 fully saturated rings. The number of nitrogens with one attached hydrogen (secondary N) is 1. The van der Waals surface area contributed by atoms with Crippen LogP contribution in [0.3, 0.4) is 0 Å². The molecule has 3 aromatic rings. The van der Waals surface area contributed by atoms with Crippen molar-refractivity contribution in [3.05, 3.63) is 41.8 Å². The first kappa shape index (κ1) is 13.6. The smallest absolute Gasteiger partial charge is 0.277 e. The number of hydrogen-bond donors (Lipinski definition) is 1. The number of anilines is 1. The number of carbonyl (C=O) groups excluding carboxylic acids is 1. The topological polar surface area (TPSA) is 98.7 Å². The Labute approximate surface area is 131 Å². The van der Waals surface area contributed by atoms with Crippen LogP contribution in [0.4, 0.5) is 5.69 Å². The van der Waals surface area contributed by atoms with Gasteiger partial charge < -0.3 is 9.84 Å². The van der Waals surface area contributed by atoms with Gasteiger partial charge in [-0.2, -0.15) is 0 Å². The number of tetrazole rings is 1. The van der Waals surface area contributed by atoms with Crippen LogP contribution in [0.5, 0.6) is 0 Å². The average Bonchev–Trinajstić information content (AvgIpc) is 3.10. The lowest BCUT2D eigenvalue weighted by atomic mass is 10.2. The number of rotatable bonds is 4. The molecule has 2 aromatic heterocycles. The third kappa shape index (κ3) is 2.70. The van der Waals surface area contributed by atoms with Crippen molar-refractivity contribution in [3.63, 3.8) is 0 Å². The highest BCUT2D eigenvalue weighted by atomic mass is 16.5. The fourth-order valence-electron chi connectivity index (χ4n) is 2.35. The van der Waals surface area contributed by atoms with Gasteiger partial charge in [0.15, 0.2) is 11.5 Å². The third-order valence-electron chi connectivity index (χ3n) is 3.62. The van der Waals surface area contributed by atoms with Crippen LogP contribution in [-0.4, -0.2) is 31.3 Å². The van der Waals surface area contributed by atoms with Crippen molar-refractivity contribution in [3.8, 4) is 11.4 Å². The Kier molecular flexibility index (Phi) is 3.14. The zero-order chi connectivity index (χ0) is 15.8. The van der Waals surface area contributed by atoms with Crippen LogP contribution < -0.4 is 5.32 Å². The Hall–Kier alpha value is -3.03. The van der Waals surface area contributed by atoms with E-state index >= 15 is 0 Å². The van der Waals surface area contributed by atoms with Crippen LogP contribution in [0, 0.1) is 6.92 Å². The first-order valence-corrected chi connectivity index (χ1v) is 7.34. The summed E-state index contributed by atoms with van der Waals surface area (Å²) in [6.45, 7) is 1.74. The molecule has 0 saturated heterocycles. The number of benzene rings is 1. The summed E-state index contributed by atoms with van der Waals surface area (Å²) < 4.78 is 6.75. The molecule has 0 radical (unpaired) electrons. The minimum absolute atomic E-state index is 0.246. The Morgan fingerprint density at radius 2 is 2.22 bits per heavy atom. The summed E-state index contributed by atoms with van der Waals surface area (Å²) in [7, 11) is 0. The van der Waals surface area contributed by atoms with Gasteiger partial charge in [-0.25, -0.2) is 4.68 Å². The molecular formula is C15H14N6O2. The molecule has 1 saturated carbocycles.